The summed E-state index contributed by atoms with van der Waals surface area (Å²) in [7, 11) is 0. The number of rotatable bonds is 2. The first-order valence-electron chi connectivity index (χ1n) is 9.60. The predicted octanol–water partition coefficient (Wildman–Crippen LogP) is 2.61. The highest BCUT2D eigenvalue weighted by molar-refractivity contribution is 5.96. The van der Waals surface area contributed by atoms with Gasteiger partial charge < -0.3 is 19.5 Å². The number of aryl methyl sites for hydroxylation is 1. The van der Waals surface area contributed by atoms with Crippen molar-refractivity contribution in [1.29, 1.82) is 0 Å². The quantitative estimate of drug-likeness (QED) is 0.864. The van der Waals surface area contributed by atoms with E-state index in [4.69, 9.17) is 4.74 Å². The number of nitrogens with zero attached hydrogens (tertiary/aromatic N) is 2. The third kappa shape index (κ3) is 3.42. The maximum Gasteiger partial charge on any atom is 0.270 e. The lowest BCUT2D eigenvalue weighted by molar-refractivity contribution is -0.123. The second-order valence-corrected chi connectivity index (χ2v) is 7.57. The third-order valence-corrected chi connectivity index (χ3v) is 5.76. The number of halogens is 1. The average Bonchev–Trinajstić information content (AvgIpc) is 3.22. The fourth-order valence-corrected chi connectivity index (χ4v) is 4.13. The lowest BCUT2D eigenvalue weighted by Crippen LogP contribution is -2.58. The van der Waals surface area contributed by atoms with Crippen molar-refractivity contribution < 1.29 is 18.7 Å². The molecule has 7 heteroatoms. The van der Waals surface area contributed by atoms with Gasteiger partial charge in [0.05, 0.1) is 24.3 Å². The Labute approximate surface area is 163 Å². The molecule has 1 spiro atoms. The second kappa shape index (κ2) is 7.39. The maximum absolute atomic E-state index is 14.2. The Morgan fingerprint density at radius 1 is 1.07 bits per heavy atom. The van der Waals surface area contributed by atoms with Crippen LogP contribution in [0.5, 0.6) is 0 Å². The molecule has 4 rings (SSSR count). The molecule has 2 saturated heterocycles. The molecule has 2 aromatic rings. The number of carbonyl (C=O) groups is 2. The van der Waals surface area contributed by atoms with Crippen LogP contribution in [0.2, 0.25) is 0 Å². The van der Waals surface area contributed by atoms with Crippen LogP contribution in [-0.4, -0.2) is 65.0 Å². The molecule has 0 aliphatic carbocycles. The minimum Gasteiger partial charge on any atom is -0.371 e. The van der Waals surface area contributed by atoms with Crippen LogP contribution in [0.15, 0.2) is 36.5 Å². The zero-order valence-corrected chi connectivity index (χ0v) is 15.9. The van der Waals surface area contributed by atoms with Gasteiger partial charge in [-0.3, -0.25) is 9.59 Å². The van der Waals surface area contributed by atoms with Gasteiger partial charge in [0.15, 0.2) is 0 Å². The normalized spacial score (nSPS) is 19.1. The average molecular weight is 385 g/mol. The van der Waals surface area contributed by atoms with Crippen LogP contribution in [-0.2, 0) is 4.74 Å². The maximum atomic E-state index is 14.2. The molecule has 0 saturated carbocycles. The van der Waals surface area contributed by atoms with Crippen LogP contribution in [0.3, 0.4) is 0 Å². The highest BCUT2D eigenvalue weighted by atomic mass is 19.1. The Morgan fingerprint density at radius 2 is 1.86 bits per heavy atom. The number of hydrogen-bond donors (Lipinski definition) is 1. The summed E-state index contributed by atoms with van der Waals surface area (Å²) in [6, 6.07) is 8.25. The molecule has 148 valence electrons. The molecule has 28 heavy (non-hydrogen) atoms. The van der Waals surface area contributed by atoms with Crippen molar-refractivity contribution in [3.05, 3.63) is 59.2 Å². The van der Waals surface area contributed by atoms with Gasteiger partial charge in [0.25, 0.3) is 11.8 Å². The van der Waals surface area contributed by atoms with Crippen LogP contribution in [0.1, 0.15) is 39.3 Å². The number of aromatic amines is 1. The first-order chi connectivity index (χ1) is 13.5. The first kappa shape index (κ1) is 18.7. The molecule has 0 atom stereocenters. The van der Waals surface area contributed by atoms with Crippen molar-refractivity contribution in [2.24, 2.45) is 0 Å². The molecule has 0 bridgehead atoms. The molecule has 6 nitrogen and oxygen atoms in total. The van der Waals surface area contributed by atoms with Gasteiger partial charge in [0, 0.05) is 25.8 Å². The number of ether oxygens (including phenoxy) is 1. The van der Waals surface area contributed by atoms with Gasteiger partial charge in [-0.25, -0.2) is 4.39 Å². The number of piperidine rings is 1. The van der Waals surface area contributed by atoms with Crippen molar-refractivity contribution in [3.8, 4) is 0 Å². The monoisotopic (exact) mass is 385 g/mol. The van der Waals surface area contributed by atoms with Crippen molar-refractivity contribution >= 4 is 11.8 Å². The van der Waals surface area contributed by atoms with Crippen LogP contribution < -0.4 is 0 Å². The van der Waals surface area contributed by atoms with Crippen molar-refractivity contribution in [3.63, 3.8) is 0 Å². The summed E-state index contributed by atoms with van der Waals surface area (Å²) in [4.78, 5) is 31.9. The summed E-state index contributed by atoms with van der Waals surface area (Å²) in [6.45, 7) is 4.25. The van der Waals surface area contributed by atoms with E-state index in [-0.39, 0.29) is 17.4 Å². The molecule has 1 N–H and O–H groups in total. The van der Waals surface area contributed by atoms with Crippen molar-refractivity contribution in [2.75, 3.05) is 32.8 Å². The highest BCUT2D eigenvalue weighted by Crippen LogP contribution is 2.31. The standard InChI is InChI=1S/C21H24FN3O3/c1-15-4-2-5-16(22)18(15)20(27)24-10-7-21(8-11-24)14-25(12-13-28-21)19(26)17-6-3-9-23-17/h2-6,9,23H,7-8,10-14H2,1H3. The van der Waals surface area contributed by atoms with Gasteiger partial charge in [0.2, 0.25) is 0 Å². The fourth-order valence-electron chi connectivity index (χ4n) is 4.13. The number of benzene rings is 1. The molecule has 3 heterocycles. The number of nitrogens with one attached hydrogen (secondary N) is 1. The SMILES string of the molecule is Cc1cccc(F)c1C(=O)N1CCC2(CC1)CN(C(=O)c1ccc[nH]1)CCO2. The molecule has 2 amide bonds. The summed E-state index contributed by atoms with van der Waals surface area (Å²) < 4.78 is 20.2. The molecule has 0 unspecified atom stereocenters. The van der Waals surface area contributed by atoms with E-state index in [1.54, 1.807) is 42.3 Å². The van der Waals surface area contributed by atoms with E-state index >= 15 is 0 Å². The number of likely N-dealkylation sites (tertiary alicyclic amines) is 1. The lowest BCUT2D eigenvalue weighted by Gasteiger charge is -2.47. The van der Waals surface area contributed by atoms with Crippen LogP contribution in [0.4, 0.5) is 4.39 Å². The number of amides is 2. The summed E-state index contributed by atoms with van der Waals surface area (Å²) in [5, 5.41) is 0. The van der Waals surface area contributed by atoms with Crippen LogP contribution in [0, 0.1) is 12.7 Å². The molecule has 1 aromatic heterocycles. The van der Waals surface area contributed by atoms with Crippen molar-refractivity contribution in [2.45, 2.75) is 25.4 Å². The fraction of sp³-hybridized carbons (Fsp3) is 0.429. The number of H-pyrrole nitrogens is 1. The second-order valence-electron chi connectivity index (χ2n) is 7.57. The molecular weight excluding hydrogens is 361 g/mol. The Bertz CT molecular complexity index is 853. The zero-order chi connectivity index (χ0) is 19.7. The number of carbonyl (C=O) groups excluding carboxylic acids is 2. The molecule has 2 aliphatic rings. The topological polar surface area (TPSA) is 65.6 Å². The van der Waals surface area contributed by atoms with Gasteiger partial charge in [0.1, 0.15) is 11.5 Å². The Balaban J connectivity index is 1.43. The Hall–Kier alpha value is -2.67. The Kier molecular flexibility index (Phi) is 4.93. The van der Waals surface area contributed by atoms with Crippen molar-refractivity contribution in [1.82, 2.24) is 14.8 Å². The highest BCUT2D eigenvalue weighted by Gasteiger charge is 2.42. The summed E-state index contributed by atoms with van der Waals surface area (Å²) in [5.41, 5.74) is 0.912. The third-order valence-electron chi connectivity index (χ3n) is 5.76. The summed E-state index contributed by atoms with van der Waals surface area (Å²) >= 11 is 0. The summed E-state index contributed by atoms with van der Waals surface area (Å²) in [6.07, 6.45) is 2.99. The van der Waals surface area contributed by atoms with Gasteiger partial charge in [-0.15, -0.1) is 0 Å². The molecular formula is C21H24FN3O3. The number of hydrogen-bond acceptors (Lipinski definition) is 3. The van der Waals surface area contributed by atoms with E-state index in [1.165, 1.54) is 6.07 Å². The van der Waals surface area contributed by atoms with E-state index in [9.17, 15) is 14.0 Å². The lowest BCUT2D eigenvalue weighted by atomic mass is 9.88. The zero-order valence-electron chi connectivity index (χ0n) is 15.9. The Morgan fingerprint density at radius 3 is 2.54 bits per heavy atom. The van der Waals surface area contributed by atoms with E-state index in [0.29, 0.717) is 56.9 Å². The van der Waals surface area contributed by atoms with Gasteiger partial charge in [-0.05, 0) is 43.5 Å². The van der Waals surface area contributed by atoms with Crippen LogP contribution >= 0.6 is 0 Å². The molecule has 2 fully saturated rings. The largest absolute Gasteiger partial charge is 0.371 e. The van der Waals surface area contributed by atoms with E-state index in [2.05, 4.69) is 4.98 Å². The van der Waals surface area contributed by atoms with Crippen LogP contribution in [0.25, 0.3) is 0 Å². The predicted molar refractivity (Wildman–Crippen MR) is 102 cm³/mol. The first-order valence-corrected chi connectivity index (χ1v) is 9.60. The summed E-state index contributed by atoms with van der Waals surface area (Å²) in [5.74, 6) is -0.796. The van der Waals surface area contributed by atoms with Gasteiger partial charge >= 0.3 is 0 Å². The van der Waals surface area contributed by atoms with Gasteiger partial charge in [-0.2, -0.15) is 0 Å². The van der Waals surface area contributed by atoms with E-state index in [0.717, 1.165) is 0 Å². The minimum absolute atomic E-state index is 0.0341. The van der Waals surface area contributed by atoms with E-state index in [1.807, 2.05) is 4.90 Å². The number of morpholine rings is 1. The van der Waals surface area contributed by atoms with Gasteiger partial charge in [-0.1, -0.05) is 12.1 Å². The molecule has 0 radical (unpaired) electrons. The molecule has 2 aliphatic heterocycles. The smallest absolute Gasteiger partial charge is 0.270 e. The van der Waals surface area contributed by atoms with E-state index < -0.39 is 11.4 Å². The minimum atomic E-state index is -0.484. The number of aromatic nitrogens is 1. The molecule has 1 aromatic carbocycles.